The van der Waals surface area contributed by atoms with E-state index in [2.05, 4.69) is 45.8 Å². The lowest BCUT2D eigenvalue weighted by Gasteiger charge is -2.04. The molecule has 0 spiro atoms. The van der Waals surface area contributed by atoms with Gasteiger partial charge in [0.1, 0.15) is 5.82 Å². The molecule has 0 amide bonds. The molecule has 0 saturated heterocycles. The van der Waals surface area contributed by atoms with Crippen molar-refractivity contribution in [2.75, 3.05) is 0 Å². The average molecular weight is 208 g/mol. The number of benzene rings is 1. The minimum Gasteiger partial charge on any atom is -0.303 e. The molecule has 2 heterocycles. The molecule has 78 valence electrons. The molecule has 3 rings (SSSR count). The molecule has 16 heavy (non-hydrogen) atoms. The van der Waals surface area contributed by atoms with Crippen molar-refractivity contribution in [1.82, 2.24) is 9.38 Å². The molecule has 2 nitrogen and oxygen atoms in total. The number of aryl methyl sites for hydroxylation is 1. The first-order valence-corrected chi connectivity index (χ1v) is 5.34. The molecule has 2 aromatic heterocycles. The van der Waals surface area contributed by atoms with Crippen LogP contribution in [-0.2, 0) is 0 Å². The third kappa shape index (κ3) is 1.31. The smallest absolute Gasteiger partial charge is 0.110 e. The Morgan fingerprint density at radius 1 is 1.00 bits per heavy atom. The summed E-state index contributed by atoms with van der Waals surface area (Å²) in [6.07, 6.45) is 3.97. The van der Waals surface area contributed by atoms with Crippen LogP contribution < -0.4 is 0 Å². The second kappa shape index (κ2) is 3.49. The van der Waals surface area contributed by atoms with Crippen LogP contribution in [0.5, 0.6) is 0 Å². The Labute approximate surface area is 94.2 Å². The van der Waals surface area contributed by atoms with Crippen molar-refractivity contribution < 1.29 is 0 Å². The van der Waals surface area contributed by atoms with Crippen molar-refractivity contribution in [1.29, 1.82) is 0 Å². The molecule has 0 aliphatic carbocycles. The van der Waals surface area contributed by atoms with E-state index in [0.29, 0.717) is 0 Å². The van der Waals surface area contributed by atoms with Gasteiger partial charge in [0, 0.05) is 11.8 Å². The molecular weight excluding hydrogens is 196 g/mol. The zero-order chi connectivity index (χ0) is 11.0. The van der Waals surface area contributed by atoms with Gasteiger partial charge in [-0.05, 0) is 18.6 Å². The largest absolute Gasteiger partial charge is 0.303 e. The Morgan fingerprint density at radius 2 is 1.81 bits per heavy atom. The first-order chi connectivity index (χ1) is 7.86. The maximum atomic E-state index is 4.34. The third-order valence-corrected chi connectivity index (χ3v) is 2.84. The molecular formula is C14H12N2. The predicted octanol–water partition coefficient (Wildman–Crippen LogP) is 3.31. The number of fused-ring (bicyclic) bond motifs is 1. The molecule has 0 atom stereocenters. The zero-order valence-electron chi connectivity index (χ0n) is 9.09. The highest BCUT2D eigenvalue weighted by Gasteiger charge is 2.05. The van der Waals surface area contributed by atoms with Crippen molar-refractivity contribution in [3.05, 3.63) is 60.7 Å². The van der Waals surface area contributed by atoms with Gasteiger partial charge in [-0.25, -0.2) is 4.98 Å². The minimum atomic E-state index is 1.02. The van der Waals surface area contributed by atoms with E-state index < -0.39 is 0 Å². The normalized spacial score (nSPS) is 10.8. The van der Waals surface area contributed by atoms with Crippen molar-refractivity contribution in [3.63, 3.8) is 0 Å². The van der Waals surface area contributed by atoms with Gasteiger partial charge >= 0.3 is 0 Å². The Morgan fingerprint density at radius 3 is 2.62 bits per heavy atom. The summed E-state index contributed by atoms with van der Waals surface area (Å²) in [7, 11) is 0. The van der Waals surface area contributed by atoms with Gasteiger partial charge < -0.3 is 4.40 Å². The summed E-state index contributed by atoms with van der Waals surface area (Å²) in [6.45, 7) is 2.02. The molecule has 0 saturated carbocycles. The van der Waals surface area contributed by atoms with Crippen molar-refractivity contribution in [2.45, 2.75) is 6.92 Å². The van der Waals surface area contributed by atoms with E-state index >= 15 is 0 Å². The molecule has 2 heteroatoms. The molecule has 3 aromatic rings. The fraction of sp³-hybridized carbons (Fsp3) is 0.0714. The van der Waals surface area contributed by atoms with Gasteiger partial charge in [0.15, 0.2) is 0 Å². The number of hydrogen-bond donors (Lipinski definition) is 0. The lowest BCUT2D eigenvalue weighted by molar-refractivity contribution is 1.04. The van der Waals surface area contributed by atoms with Crippen LogP contribution in [0.1, 0.15) is 5.82 Å². The summed E-state index contributed by atoms with van der Waals surface area (Å²) >= 11 is 0. The van der Waals surface area contributed by atoms with E-state index in [1.807, 2.05) is 25.4 Å². The van der Waals surface area contributed by atoms with Crippen LogP contribution >= 0.6 is 0 Å². The summed E-state index contributed by atoms with van der Waals surface area (Å²) in [5, 5.41) is 0. The number of hydrogen-bond acceptors (Lipinski definition) is 1. The zero-order valence-corrected chi connectivity index (χ0v) is 9.09. The Hall–Kier alpha value is -2.09. The third-order valence-electron chi connectivity index (χ3n) is 2.84. The summed E-state index contributed by atoms with van der Waals surface area (Å²) in [6, 6.07) is 14.6. The Balaban J connectivity index is 2.32. The van der Waals surface area contributed by atoms with E-state index in [1.54, 1.807) is 0 Å². The molecule has 0 unspecified atom stereocenters. The van der Waals surface area contributed by atoms with Gasteiger partial charge in [0.05, 0.1) is 11.7 Å². The van der Waals surface area contributed by atoms with Gasteiger partial charge in [-0.1, -0.05) is 36.4 Å². The van der Waals surface area contributed by atoms with E-state index in [0.717, 1.165) is 11.3 Å². The second-order valence-corrected chi connectivity index (χ2v) is 3.85. The van der Waals surface area contributed by atoms with Crippen LogP contribution in [0.3, 0.4) is 0 Å². The van der Waals surface area contributed by atoms with Gasteiger partial charge in [0.25, 0.3) is 0 Å². The van der Waals surface area contributed by atoms with Crippen molar-refractivity contribution >= 4 is 5.52 Å². The van der Waals surface area contributed by atoms with Gasteiger partial charge in [-0.3, -0.25) is 0 Å². The highest BCUT2D eigenvalue weighted by molar-refractivity contribution is 5.79. The van der Waals surface area contributed by atoms with Crippen LogP contribution in [0.15, 0.2) is 54.9 Å². The minimum absolute atomic E-state index is 1.02. The van der Waals surface area contributed by atoms with Crippen LogP contribution in [0, 0.1) is 6.92 Å². The van der Waals surface area contributed by atoms with Crippen LogP contribution in [0.25, 0.3) is 16.6 Å². The van der Waals surface area contributed by atoms with Crippen molar-refractivity contribution in [2.24, 2.45) is 0 Å². The fourth-order valence-electron chi connectivity index (χ4n) is 2.01. The average Bonchev–Trinajstić information content (AvgIpc) is 2.73. The molecule has 0 bridgehead atoms. The summed E-state index contributed by atoms with van der Waals surface area (Å²) in [5.74, 6) is 1.02. The Bertz CT molecular complexity index is 624. The standard InChI is InChI=1S/C14H12N2/c1-11-15-10-14-13(8-5-9-16(11)14)12-6-3-2-4-7-12/h2-10H,1H3. The summed E-state index contributed by atoms with van der Waals surface area (Å²) < 4.78 is 2.11. The Kier molecular flexibility index (Phi) is 2.00. The fourth-order valence-corrected chi connectivity index (χ4v) is 2.01. The lowest BCUT2D eigenvalue weighted by atomic mass is 10.1. The van der Waals surface area contributed by atoms with E-state index in [-0.39, 0.29) is 0 Å². The van der Waals surface area contributed by atoms with Crippen LogP contribution in [0.4, 0.5) is 0 Å². The molecule has 0 fully saturated rings. The number of aromatic nitrogens is 2. The highest BCUT2D eigenvalue weighted by atomic mass is 15.0. The SMILES string of the molecule is Cc1ncc2c(-c3ccccc3)cccn12. The molecule has 0 N–H and O–H groups in total. The maximum absolute atomic E-state index is 4.34. The van der Waals surface area contributed by atoms with Crippen molar-refractivity contribution in [3.8, 4) is 11.1 Å². The monoisotopic (exact) mass is 208 g/mol. The van der Waals surface area contributed by atoms with Crippen LogP contribution in [-0.4, -0.2) is 9.38 Å². The first-order valence-electron chi connectivity index (χ1n) is 5.34. The quantitative estimate of drug-likeness (QED) is 0.599. The summed E-state index contributed by atoms with van der Waals surface area (Å²) in [4.78, 5) is 4.34. The highest BCUT2D eigenvalue weighted by Crippen LogP contribution is 2.24. The molecule has 0 radical (unpaired) electrons. The van der Waals surface area contributed by atoms with Crippen LogP contribution in [0.2, 0.25) is 0 Å². The predicted molar refractivity (Wildman–Crippen MR) is 65.4 cm³/mol. The number of rotatable bonds is 1. The number of pyridine rings is 1. The topological polar surface area (TPSA) is 17.3 Å². The molecule has 0 aliphatic rings. The first kappa shape index (κ1) is 9.16. The van der Waals surface area contributed by atoms with E-state index in [9.17, 15) is 0 Å². The number of imidazole rings is 1. The molecule has 1 aromatic carbocycles. The van der Waals surface area contributed by atoms with E-state index in [4.69, 9.17) is 0 Å². The summed E-state index contributed by atoms with van der Waals surface area (Å²) in [5.41, 5.74) is 3.61. The van der Waals surface area contributed by atoms with E-state index in [1.165, 1.54) is 11.1 Å². The van der Waals surface area contributed by atoms with Gasteiger partial charge in [0.2, 0.25) is 0 Å². The second-order valence-electron chi connectivity index (χ2n) is 3.85. The van der Waals surface area contributed by atoms with Gasteiger partial charge in [-0.2, -0.15) is 0 Å². The maximum Gasteiger partial charge on any atom is 0.110 e. The number of nitrogens with zero attached hydrogens (tertiary/aromatic N) is 2. The van der Waals surface area contributed by atoms with Gasteiger partial charge in [-0.15, -0.1) is 0 Å². The lowest BCUT2D eigenvalue weighted by Crippen LogP contribution is -1.88. The molecule has 0 aliphatic heterocycles.